The standard InChI is InChI=1S/C8H4Br2O3/c9-4-2-5-3(1-6(11)13-5)7(10)8(4)12/h2,12H,1H2. The molecule has 0 aromatic heterocycles. The first-order valence-electron chi connectivity index (χ1n) is 3.50. The number of carbonyl (C=O) groups is 1. The fourth-order valence-electron chi connectivity index (χ4n) is 1.19. The van der Waals surface area contributed by atoms with Crippen LogP contribution in [0.3, 0.4) is 0 Å². The van der Waals surface area contributed by atoms with E-state index < -0.39 is 0 Å². The number of hydrogen-bond acceptors (Lipinski definition) is 3. The number of rotatable bonds is 0. The van der Waals surface area contributed by atoms with Crippen molar-refractivity contribution in [3.8, 4) is 11.5 Å². The summed E-state index contributed by atoms with van der Waals surface area (Å²) in [4.78, 5) is 10.9. The third kappa shape index (κ3) is 1.36. The van der Waals surface area contributed by atoms with Crippen molar-refractivity contribution in [2.45, 2.75) is 6.42 Å². The fraction of sp³-hybridized carbons (Fsp3) is 0.125. The number of fused-ring (bicyclic) bond motifs is 1. The Morgan fingerprint density at radius 1 is 1.46 bits per heavy atom. The highest BCUT2D eigenvalue weighted by molar-refractivity contribution is 9.11. The third-order valence-corrected chi connectivity index (χ3v) is 3.26. The number of ether oxygens (including phenoxy) is 1. The van der Waals surface area contributed by atoms with Crippen LogP contribution >= 0.6 is 31.9 Å². The lowest BCUT2D eigenvalue weighted by molar-refractivity contribution is -0.131. The molecule has 0 unspecified atom stereocenters. The summed E-state index contributed by atoms with van der Waals surface area (Å²) in [7, 11) is 0. The molecule has 0 amide bonds. The van der Waals surface area contributed by atoms with Crippen LogP contribution in [-0.4, -0.2) is 11.1 Å². The zero-order valence-corrected chi connectivity index (χ0v) is 9.48. The number of phenols is 1. The monoisotopic (exact) mass is 306 g/mol. The maximum atomic E-state index is 10.9. The van der Waals surface area contributed by atoms with Crippen LogP contribution in [0.5, 0.6) is 11.5 Å². The summed E-state index contributed by atoms with van der Waals surface area (Å²) in [6.07, 6.45) is 0.205. The second kappa shape index (κ2) is 2.99. The molecular formula is C8H4Br2O3. The van der Waals surface area contributed by atoms with Gasteiger partial charge in [0.2, 0.25) is 0 Å². The van der Waals surface area contributed by atoms with Crippen LogP contribution in [0.1, 0.15) is 5.56 Å². The number of carbonyl (C=O) groups excluding carboxylic acids is 1. The van der Waals surface area contributed by atoms with E-state index in [1.807, 2.05) is 0 Å². The molecule has 1 aliphatic heterocycles. The predicted octanol–water partition coefficient (Wildman–Crippen LogP) is 2.38. The average Bonchev–Trinajstić information content (AvgIpc) is 2.42. The SMILES string of the molecule is O=C1Cc2c(cc(Br)c(O)c2Br)O1. The lowest BCUT2D eigenvalue weighted by Crippen LogP contribution is -2.00. The molecule has 1 aromatic rings. The van der Waals surface area contributed by atoms with Gasteiger partial charge in [0.1, 0.15) is 11.5 Å². The van der Waals surface area contributed by atoms with Crippen molar-refractivity contribution >= 4 is 37.8 Å². The van der Waals surface area contributed by atoms with Gasteiger partial charge in [0.15, 0.2) is 0 Å². The highest BCUT2D eigenvalue weighted by atomic mass is 79.9. The molecule has 0 bridgehead atoms. The maximum Gasteiger partial charge on any atom is 0.315 e. The van der Waals surface area contributed by atoms with Crippen LogP contribution in [0.4, 0.5) is 0 Å². The second-order valence-electron chi connectivity index (χ2n) is 2.65. The molecule has 1 heterocycles. The highest BCUT2D eigenvalue weighted by Gasteiger charge is 2.25. The molecule has 0 saturated heterocycles. The van der Waals surface area contributed by atoms with Gasteiger partial charge in [0.25, 0.3) is 0 Å². The van der Waals surface area contributed by atoms with E-state index in [4.69, 9.17) is 4.74 Å². The molecule has 0 saturated carbocycles. The van der Waals surface area contributed by atoms with E-state index in [0.29, 0.717) is 20.3 Å². The van der Waals surface area contributed by atoms with Crippen molar-refractivity contribution in [3.05, 3.63) is 20.6 Å². The van der Waals surface area contributed by atoms with Crippen molar-refractivity contribution in [3.63, 3.8) is 0 Å². The smallest absolute Gasteiger partial charge is 0.315 e. The molecule has 13 heavy (non-hydrogen) atoms. The molecule has 2 rings (SSSR count). The van der Waals surface area contributed by atoms with Gasteiger partial charge >= 0.3 is 5.97 Å². The topological polar surface area (TPSA) is 46.5 Å². The number of benzene rings is 1. The van der Waals surface area contributed by atoms with Crippen molar-refractivity contribution in [2.75, 3.05) is 0 Å². The minimum absolute atomic E-state index is 0.0945. The maximum absolute atomic E-state index is 10.9. The third-order valence-electron chi connectivity index (χ3n) is 1.80. The number of aromatic hydroxyl groups is 1. The van der Waals surface area contributed by atoms with E-state index in [0.717, 1.165) is 0 Å². The molecule has 0 aliphatic carbocycles. The average molecular weight is 308 g/mol. The molecule has 1 N–H and O–H groups in total. The molecular weight excluding hydrogens is 304 g/mol. The normalized spacial score (nSPS) is 14.2. The van der Waals surface area contributed by atoms with Crippen molar-refractivity contribution in [1.29, 1.82) is 0 Å². The Kier molecular flexibility index (Phi) is 2.08. The molecule has 0 radical (unpaired) electrons. The van der Waals surface area contributed by atoms with Gasteiger partial charge in [-0.1, -0.05) is 0 Å². The summed E-state index contributed by atoms with van der Waals surface area (Å²) in [5.74, 6) is 0.298. The number of halogens is 2. The lowest BCUT2D eigenvalue weighted by Gasteiger charge is -2.04. The van der Waals surface area contributed by atoms with Crippen molar-refractivity contribution in [1.82, 2.24) is 0 Å². The molecule has 1 aromatic carbocycles. The van der Waals surface area contributed by atoms with E-state index in [9.17, 15) is 9.90 Å². The van der Waals surface area contributed by atoms with E-state index in [1.54, 1.807) is 6.07 Å². The molecule has 3 nitrogen and oxygen atoms in total. The zero-order valence-electron chi connectivity index (χ0n) is 6.30. The highest BCUT2D eigenvalue weighted by Crippen LogP contribution is 2.43. The first kappa shape index (κ1) is 9.02. The summed E-state index contributed by atoms with van der Waals surface area (Å²) in [6.45, 7) is 0. The van der Waals surface area contributed by atoms with Crippen LogP contribution in [0.2, 0.25) is 0 Å². The fourth-order valence-corrected chi connectivity index (χ4v) is 2.41. The summed E-state index contributed by atoms with van der Waals surface area (Å²) in [5.41, 5.74) is 0.700. The first-order chi connectivity index (χ1) is 6.09. The van der Waals surface area contributed by atoms with Gasteiger partial charge in [0, 0.05) is 5.56 Å². The van der Waals surface area contributed by atoms with Gasteiger partial charge in [-0.25, -0.2) is 0 Å². The molecule has 0 fully saturated rings. The Bertz CT molecular complexity index is 401. The Labute approximate surface area is 91.0 Å². The van der Waals surface area contributed by atoms with Crippen LogP contribution in [0.15, 0.2) is 15.0 Å². The van der Waals surface area contributed by atoms with Gasteiger partial charge in [0.05, 0.1) is 15.4 Å². The molecule has 0 spiro atoms. The van der Waals surface area contributed by atoms with Gasteiger partial charge in [-0.3, -0.25) is 4.79 Å². The van der Waals surface area contributed by atoms with Crippen LogP contribution in [-0.2, 0) is 11.2 Å². The van der Waals surface area contributed by atoms with Gasteiger partial charge in [-0.15, -0.1) is 0 Å². The number of hydrogen-bond donors (Lipinski definition) is 1. The number of esters is 1. The van der Waals surface area contributed by atoms with Crippen molar-refractivity contribution < 1.29 is 14.6 Å². The summed E-state index contributed by atoms with van der Waals surface area (Å²) in [6, 6.07) is 1.58. The quantitative estimate of drug-likeness (QED) is 0.591. The van der Waals surface area contributed by atoms with Crippen LogP contribution < -0.4 is 4.74 Å². The largest absolute Gasteiger partial charge is 0.506 e. The summed E-state index contributed by atoms with van der Waals surface area (Å²) in [5, 5.41) is 9.50. The van der Waals surface area contributed by atoms with Crippen LogP contribution in [0.25, 0.3) is 0 Å². The minimum Gasteiger partial charge on any atom is -0.506 e. The van der Waals surface area contributed by atoms with E-state index >= 15 is 0 Å². The molecule has 0 atom stereocenters. The summed E-state index contributed by atoms with van der Waals surface area (Å²) < 4.78 is 5.94. The van der Waals surface area contributed by atoms with Gasteiger partial charge in [-0.05, 0) is 37.9 Å². The second-order valence-corrected chi connectivity index (χ2v) is 4.30. The van der Waals surface area contributed by atoms with Gasteiger partial charge in [-0.2, -0.15) is 0 Å². The Balaban J connectivity index is 2.66. The molecule has 68 valence electrons. The van der Waals surface area contributed by atoms with Gasteiger partial charge < -0.3 is 9.84 Å². The lowest BCUT2D eigenvalue weighted by atomic mass is 10.1. The van der Waals surface area contributed by atoms with E-state index in [-0.39, 0.29) is 18.1 Å². The Morgan fingerprint density at radius 2 is 2.15 bits per heavy atom. The zero-order chi connectivity index (χ0) is 9.59. The molecule has 1 aliphatic rings. The summed E-state index contributed by atoms with van der Waals surface area (Å²) >= 11 is 6.35. The molecule has 5 heteroatoms. The van der Waals surface area contributed by atoms with E-state index in [1.165, 1.54) is 0 Å². The first-order valence-corrected chi connectivity index (χ1v) is 5.08. The predicted molar refractivity (Wildman–Crippen MR) is 52.8 cm³/mol. The number of phenolic OH excluding ortho intramolecular Hbond substituents is 1. The minimum atomic E-state index is -0.298. The van der Waals surface area contributed by atoms with Crippen molar-refractivity contribution in [2.24, 2.45) is 0 Å². The van der Waals surface area contributed by atoms with Crippen LogP contribution in [0, 0.1) is 0 Å². The Morgan fingerprint density at radius 3 is 2.85 bits per heavy atom. The van der Waals surface area contributed by atoms with E-state index in [2.05, 4.69) is 31.9 Å². The Hall–Kier alpha value is -0.550.